The van der Waals surface area contributed by atoms with Gasteiger partial charge in [-0.15, -0.1) is 0 Å². The molecule has 0 aliphatic heterocycles. The van der Waals surface area contributed by atoms with E-state index < -0.39 is 0 Å². The zero-order valence-corrected chi connectivity index (χ0v) is 12.5. The fraction of sp³-hybridized carbons (Fsp3) is 0.533. The van der Waals surface area contributed by atoms with Gasteiger partial charge in [-0.3, -0.25) is 4.90 Å². The van der Waals surface area contributed by atoms with Gasteiger partial charge in [0.05, 0.1) is 17.7 Å². The Morgan fingerprint density at radius 3 is 2.58 bits per heavy atom. The third kappa shape index (κ3) is 2.47. The van der Waals surface area contributed by atoms with Crippen molar-refractivity contribution in [1.82, 2.24) is 14.0 Å². The summed E-state index contributed by atoms with van der Waals surface area (Å²) >= 11 is 5.59. The Bertz CT molecular complexity index is 636. The predicted molar refractivity (Wildman–Crippen MR) is 81.7 cm³/mol. The van der Waals surface area contributed by atoms with Gasteiger partial charge in [-0.05, 0) is 49.7 Å². The molecule has 3 nitrogen and oxygen atoms in total. The zero-order chi connectivity index (χ0) is 13.4. The van der Waals surface area contributed by atoms with Gasteiger partial charge < -0.3 is 9.13 Å². The number of fused-ring (bicyclic) bond motifs is 1. The number of aromatic nitrogens is 2. The highest BCUT2D eigenvalue weighted by atomic mass is 32.1. The number of nitrogens with zero attached hydrogens (tertiary/aromatic N) is 3. The Morgan fingerprint density at radius 1 is 1.26 bits per heavy atom. The van der Waals surface area contributed by atoms with Crippen LogP contribution in [0.3, 0.4) is 0 Å². The first-order valence-corrected chi connectivity index (χ1v) is 7.48. The van der Waals surface area contributed by atoms with Gasteiger partial charge in [-0.25, -0.2) is 0 Å². The molecular formula is C15H21N3S. The Hall–Kier alpha value is -1.13. The summed E-state index contributed by atoms with van der Waals surface area (Å²) in [6, 6.07) is 8.46. The molecule has 0 spiro atoms. The van der Waals surface area contributed by atoms with Crippen molar-refractivity contribution in [2.45, 2.75) is 26.4 Å². The summed E-state index contributed by atoms with van der Waals surface area (Å²) in [6.07, 6.45) is 2.80. The average molecular weight is 275 g/mol. The van der Waals surface area contributed by atoms with Crippen LogP contribution in [0.1, 0.15) is 19.8 Å². The number of hydrogen-bond acceptors (Lipinski definition) is 2. The molecule has 1 aliphatic rings. The van der Waals surface area contributed by atoms with Crippen LogP contribution in [-0.4, -0.2) is 27.1 Å². The number of para-hydroxylation sites is 2. The molecule has 1 saturated carbocycles. The molecular weight excluding hydrogens is 254 g/mol. The third-order valence-corrected chi connectivity index (χ3v) is 4.55. The monoisotopic (exact) mass is 275 g/mol. The number of imidazole rings is 1. The molecule has 1 aromatic heterocycles. The molecule has 0 atom stereocenters. The molecule has 0 bridgehead atoms. The maximum Gasteiger partial charge on any atom is 0.181 e. The van der Waals surface area contributed by atoms with Crippen molar-refractivity contribution in [3.05, 3.63) is 29.0 Å². The molecule has 1 heterocycles. The van der Waals surface area contributed by atoms with Gasteiger partial charge in [0.2, 0.25) is 0 Å². The van der Waals surface area contributed by atoms with E-state index in [1.165, 1.54) is 30.4 Å². The lowest BCUT2D eigenvalue weighted by molar-refractivity contribution is 0.222. The molecule has 19 heavy (non-hydrogen) atoms. The van der Waals surface area contributed by atoms with Crippen molar-refractivity contribution in [2.75, 3.05) is 13.1 Å². The second-order valence-electron chi connectivity index (χ2n) is 5.51. The Kier molecular flexibility index (Phi) is 3.46. The summed E-state index contributed by atoms with van der Waals surface area (Å²) in [7, 11) is 2.05. The van der Waals surface area contributed by atoms with Gasteiger partial charge in [-0.2, -0.15) is 0 Å². The molecule has 0 unspecified atom stereocenters. The van der Waals surface area contributed by atoms with Gasteiger partial charge in [0.15, 0.2) is 4.77 Å². The van der Waals surface area contributed by atoms with E-state index in [0.29, 0.717) is 0 Å². The van der Waals surface area contributed by atoms with Crippen LogP contribution in [-0.2, 0) is 13.7 Å². The van der Waals surface area contributed by atoms with Crippen LogP contribution in [0.15, 0.2) is 24.3 Å². The quantitative estimate of drug-likeness (QED) is 0.776. The van der Waals surface area contributed by atoms with E-state index in [0.717, 1.165) is 23.9 Å². The average Bonchev–Trinajstić information content (AvgIpc) is 3.22. The topological polar surface area (TPSA) is 13.1 Å². The van der Waals surface area contributed by atoms with Crippen LogP contribution < -0.4 is 0 Å². The molecule has 1 fully saturated rings. The number of aryl methyl sites for hydroxylation is 1. The van der Waals surface area contributed by atoms with Crippen LogP contribution in [0.5, 0.6) is 0 Å². The van der Waals surface area contributed by atoms with Crippen molar-refractivity contribution in [1.29, 1.82) is 0 Å². The molecule has 0 amide bonds. The van der Waals surface area contributed by atoms with Crippen LogP contribution in [0.2, 0.25) is 0 Å². The van der Waals surface area contributed by atoms with E-state index in [-0.39, 0.29) is 0 Å². The largest absolute Gasteiger partial charge is 0.320 e. The second-order valence-corrected chi connectivity index (χ2v) is 5.88. The van der Waals surface area contributed by atoms with Gasteiger partial charge in [0.1, 0.15) is 0 Å². The first-order chi connectivity index (χ1) is 9.20. The minimum atomic E-state index is 0.910. The molecule has 0 saturated heterocycles. The van der Waals surface area contributed by atoms with E-state index in [1.807, 2.05) is 0 Å². The minimum absolute atomic E-state index is 0.910. The van der Waals surface area contributed by atoms with Crippen LogP contribution in [0.25, 0.3) is 11.0 Å². The van der Waals surface area contributed by atoms with E-state index in [9.17, 15) is 0 Å². The van der Waals surface area contributed by atoms with Crippen LogP contribution in [0.4, 0.5) is 0 Å². The van der Waals surface area contributed by atoms with Gasteiger partial charge in [0, 0.05) is 13.6 Å². The van der Waals surface area contributed by atoms with Crippen molar-refractivity contribution in [2.24, 2.45) is 13.0 Å². The first kappa shape index (κ1) is 12.9. The highest BCUT2D eigenvalue weighted by Crippen LogP contribution is 2.30. The van der Waals surface area contributed by atoms with E-state index >= 15 is 0 Å². The maximum atomic E-state index is 5.59. The highest BCUT2D eigenvalue weighted by Gasteiger charge is 2.24. The normalized spacial score (nSPS) is 15.5. The van der Waals surface area contributed by atoms with Crippen molar-refractivity contribution < 1.29 is 0 Å². The molecule has 0 N–H and O–H groups in total. The summed E-state index contributed by atoms with van der Waals surface area (Å²) in [5, 5.41) is 0. The van der Waals surface area contributed by atoms with Gasteiger partial charge in [0.25, 0.3) is 0 Å². The van der Waals surface area contributed by atoms with Crippen molar-refractivity contribution >= 4 is 23.3 Å². The molecule has 1 aromatic carbocycles. The molecule has 1 aliphatic carbocycles. The fourth-order valence-electron chi connectivity index (χ4n) is 2.65. The van der Waals surface area contributed by atoms with E-state index in [2.05, 4.69) is 52.3 Å². The highest BCUT2D eigenvalue weighted by molar-refractivity contribution is 7.71. The van der Waals surface area contributed by atoms with Gasteiger partial charge >= 0.3 is 0 Å². The number of hydrogen-bond donors (Lipinski definition) is 0. The molecule has 102 valence electrons. The molecule has 2 aromatic rings. The van der Waals surface area contributed by atoms with E-state index in [1.54, 1.807) is 0 Å². The number of benzene rings is 1. The van der Waals surface area contributed by atoms with Gasteiger partial charge in [-0.1, -0.05) is 19.1 Å². The number of rotatable bonds is 5. The lowest BCUT2D eigenvalue weighted by atomic mass is 10.3. The standard InChI is InChI=1S/C15H21N3S/c1-3-17(10-12-8-9-12)11-18-14-7-5-4-6-13(14)16(2)15(18)19/h4-7,12H,3,8-11H2,1-2H3. The summed E-state index contributed by atoms with van der Waals surface area (Å²) in [6.45, 7) is 5.44. The smallest absolute Gasteiger partial charge is 0.181 e. The molecule has 3 rings (SSSR count). The summed E-state index contributed by atoms with van der Waals surface area (Å²) in [5.41, 5.74) is 2.46. The fourth-order valence-corrected chi connectivity index (χ4v) is 2.91. The Morgan fingerprint density at radius 2 is 1.95 bits per heavy atom. The Balaban J connectivity index is 1.94. The van der Waals surface area contributed by atoms with E-state index in [4.69, 9.17) is 12.2 Å². The maximum absolute atomic E-state index is 5.59. The lowest BCUT2D eigenvalue weighted by Crippen LogP contribution is -2.28. The minimum Gasteiger partial charge on any atom is -0.320 e. The summed E-state index contributed by atoms with van der Waals surface area (Å²) in [4.78, 5) is 2.50. The zero-order valence-electron chi connectivity index (χ0n) is 11.7. The second kappa shape index (κ2) is 5.10. The molecule has 4 heteroatoms. The summed E-state index contributed by atoms with van der Waals surface area (Å²) < 4.78 is 5.28. The van der Waals surface area contributed by atoms with Crippen molar-refractivity contribution in [3.8, 4) is 0 Å². The van der Waals surface area contributed by atoms with Crippen LogP contribution >= 0.6 is 12.2 Å². The molecule has 0 radical (unpaired) electrons. The lowest BCUT2D eigenvalue weighted by Gasteiger charge is -2.21. The first-order valence-electron chi connectivity index (χ1n) is 7.07. The Labute approximate surface area is 119 Å². The van der Waals surface area contributed by atoms with Crippen LogP contribution in [0, 0.1) is 10.7 Å². The third-order valence-electron chi connectivity index (χ3n) is 4.05. The SMILES string of the molecule is CCN(CC1CC1)Cn1c(=S)n(C)c2ccccc21. The predicted octanol–water partition coefficient (Wildman–Crippen LogP) is 3.40. The summed E-state index contributed by atoms with van der Waals surface area (Å²) in [5.74, 6) is 0.920. The van der Waals surface area contributed by atoms with Crippen molar-refractivity contribution in [3.63, 3.8) is 0 Å².